The van der Waals surface area contributed by atoms with E-state index in [1.165, 1.54) is 4.90 Å². The van der Waals surface area contributed by atoms with Crippen molar-refractivity contribution >= 4 is 12.1 Å². The lowest BCUT2D eigenvalue weighted by Crippen LogP contribution is -2.58. The third-order valence-electron chi connectivity index (χ3n) is 7.35. The number of fused-ring (bicyclic) bond motifs is 3. The number of likely N-dealkylation sites (tertiary alicyclic amines) is 1. The summed E-state index contributed by atoms with van der Waals surface area (Å²) in [6, 6.07) is 16.3. The number of benzene rings is 2. The summed E-state index contributed by atoms with van der Waals surface area (Å²) in [4.78, 5) is 26.0. The topological polar surface area (TPSA) is 87.1 Å². The molecule has 2 N–H and O–H groups in total. The number of carboxylic acid groups (broad SMARTS) is 1. The number of ether oxygens (including phenoxy) is 1. The second-order valence-electron chi connectivity index (χ2n) is 8.75. The highest BCUT2D eigenvalue weighted by molar-refractivity contribution is 5.80. The number of carboxylic acids is 1. The van der Waals surface area contributed by atoms with Crippen LogP contribution >= 0.6 is 0 Å². The minimum atomic E-state index is -1.39. The molecule has 2 aromatic carbocycles. The molecule has 6 nitrogen and oxygen atoms in total. The largest absolute Gasteiger partial charge is 0.481 e. The van der Waals surface area contributed by atoms with Crippen molar-refractivity contribution in [2.75, 3.05) is 19.7 Å². The average Bonchev–Trinajstić information content (AvgIpc) is 3.24. The number of hydrogen-bond acceptors (Lipinski definition) is 4. The van der Waals surface area contributed by atoms with Gasteiger partial charge in [-0.1, -0.05) is 55.0 Å². The molecule has 1 unspecified atom stereocenters. The number of aliphatic carboxylic acids is 1. The van der Waals surface area contributed by atoms with Gasteiger partial charge in [0.25, 0.3) is 0 Å². The van der Waals surface area contributed by atoms with Gasteiger partial charge in [0, 0.05) is 12.5 Å². The fraction of sp³-hybridized carbons (Fsp3) is 0.417. The zero-order valence-electron chi connectivity index (χ0n) is 16.7. The normalized spacial score (nSPS) is 24.1. The van der Waals surface area contributed by atoms with Gasteiger partial charge in [0.05, 0.1) is 12.0 Å². The molecule has 30 heavy (non-hydrogen) atoms. The SMILES string of the molecule is O=C(OCC1c2ccccc2-c2ccccc21)N1CCC(O)(C2(C(=O)O)CCC2)C1. The lowest BCUT2D eigenvalue weighted by atomic mass is 9.58. The van der Waals surface area contributed by atoms with Crippen LogP contribution in [0.1, 0.15) is 42.7 Å². The summed E-state index contributed by atoms with van der Waals surface area (Å²) in [5, 5.41) is 20.7. The molecule has 1 atom stereocenters. The Labute approximate surface area is 175 Å². The number of carbonyl (C=O) groups is 2. The summed E-state index contributed by atoms with van der Waals surface area (Å²) in [5.41, 5.74) is 2.09. The van der Waals surface area contributed by atoms with Gasteiger partial charge in [0.1, 0.15) is 12.2 Å². The van der Waals surface area contributed by atoms with Crippen LogP contribution < -0.4 is 0 Å². The molecule has 0 bridgehead atoms. The third-order valence-corrected chi connectivity index (χ3v) is 7.35. The predicted octanol–water partition coefficient (Wildman–Crippen LogP) is 3.63. The molecule has 1 amide bonds. The Bertz CT molecular complexity index is 969. The summed E-state index contributed by atoms with van der Waals surface area (Å²) in [6.45, 7) is 0.532. The average molecular weight is 407 g/mol. The van der Waals surface area contributed by atoms with Gasteiger partial charge in [0.2, 0.25) is 0 Å². The highest BCUT2D eigenvalue weighted by atomic mass is 16.6. The Morgan fingerprint density at radius 1 is 1.00 bits per heavy atom. The summed E-state index contributed by atoms with van der Waals surface area (Å²) in [5.74, 6) is -0.995. The molecule has 0 spiro atoms. The minimum Gasteiger partial charge on any atom is -0.481 e. The van der Waals surface area contributed by atoms with Crippen LogP contribution in [-0.2, 0) is 9.53 Å². The smallest absolute Gasteiger partial charge is 0.409 e. The van der Waals surface area contributed by atoms with Crippen LogP contribution in [0.3, 0.4) is 0 Å². The van der Waals surface area contributed by atoms with E-state index in [-0.39, 0.29) is 25.5 Å². The van der Waals surface area contributed by atoms with E-state index in [2.05, 4.69) is 24.3 Å². The molecule has 1 heterocycles. The molecule has 3 aliphatic rings. The Balaban J connectivity index is 1.29. The number of carbonyl (C=O) groups excluding carboxylic acids is 1. The highest BCUT2D eigenvalue weighted by Crippen LogP contribution is 2.53. The van der Waals surface area contributed by atoms with E-state index < -0.39 is 23.1 Å². The maximum atomic E-state index is 12.8. The number of hydrogen-bond donors (Lipinski definition) is 2. The lowest BCUT2D eigenvalue weighted by Gasteiger charge is -2.48. The summed E-state index contributed by atoms with van der Waals surface area (Å²) < 4.78 is 5.67. The van der Waals surface area contributed by atoms with Crippen molar-refractivity contribution in [3.63, 3.8) is 0 Å². The Morgan fingerprint density at radius 3 is 2.13 bits per heavy atom. The lowest BCUT2D eigenvalue weighted by molar-refractivity contribution is -0.181. The molecule has 0 radical (unpaired) electrons. The molecule has 1 saturated carbocycles. The Kier molecular flexibility index (Phi) is 4.36. The van der Waals surface area contributed by atoms with Crippen molar-refractivity contribution in [1.82, 2.24) is 4.90 Å². The monoisotopic (exact) mass is 407 g/mol. The molecule has 6 heteroatoms. The number of aliphatic hydroxyl groups is 1. The van der Waals surface area contributed by atoms with Crippen molar-refractivity contribution in [3.8, 4) is 11.1 Å². The predicted molar refractivity (Wildman–Crippen MR) is 110 cm³/mol. The van der Waals surface area contributed by atoms with E-state index in [1.807, 2.05) is 24.3 Å². The van der Waals surface area contributed by atoms with E-state index in [9.17, 15) is 19.8 Å². The molecule has 2 aromatic rings. The van der Waals surface area contributed by atoms with Crippen LogP contribution in [0, 0.1) is 5.41 Å². The van der Waals surface area contributed by atoms with Gasteiger partial charge >= 0.3 is 12.1 Å². The van der Waals surface area contributed by atoms with E-state index in [1.54, 1.807) is 0 Å². The highest BCUT2D eigenvalue weighted by Gasteiger charge is 2.62. The molecule has 1 saturated heterocycles. The van der Waals surface area contributed by atoms with Crippen molar-refractivity contribution in [1.29, 1.82) is 0 Å². The van der Waals surface area contributed by atoms with Gasteiger partial charge in [0.15, 0.2) is 0 Å². The van der Waals surface area contributed by atoms with Gasteiger partial charge in [-0.2, -0.15) is 0 Å². The van der Waals surface area contributed by atoms with Crippen molar-refractivity contribution in [2.45, 2.75) is 37.2 Å². The molecule has 2 fully saturated rings. The molecule has 0 aromatic heterocycles. The third kappa shape index (κ3) is 2.67. The zero-order chi connectivity index (χ0) is 20.9. The van der Waals surface area contributed by atoms with Gasteiger partial charge in [-0.15, -0.1) is 0 Å². The van der Waals surface area contributed by atoms with Crippen LogP contribution in [0.25, 0.3) is 11.1 Å². The first kappa shape index (κ1) is 19.1. The molecule has 5 rings (SSSR count). The van der Waals surface area contributed by atoms with Crippen LogP contribution in [0.4, 0.5) is 4.79 Å². The standard InChI is InChI=1S/C24H25NO5/c26-21(27)23(10-5-11-23)24(29)12-13-25(15-24)22(28)30-14-20-18-8-3-1-6-16(18)17-7-2-4-9-19(17)20/h1-4,6-9,20,29H,5,10-15H2,(H,26,27). The van der Waals surface area contributed by atoms with E-state index in [0.717, 1.165) is 28.7 Å². The molecular weight excluding hydrogens is 382 g/mol. The van der Waals surface area contributed by atoms with E-state index in [0.29, 0.717) is 19.4 Å². The first-order chi connectivity index (χ1) is 14.5. The van der Waals surface area contributed by atoms with Crippen LogP contribution in [-0.4, -0.2) is 52.5 Å². The quantitative estimate of drug-likeness (QED) is 0.808. The summed E-state index contributed by atoms with van der Waals surface area (Å²) >= 11 is 0. The van der Waals surface area contributed by atoms with E-state index in [4.69, 9.17) is 4.74 Å². The molecular formula is C24H25NO5. The molecule has 156 valence electrons. The van der Waals surface area contributed by atoms with Gasteiger partial charge in [-0.05, 0) is 41.5 Å². The fourth-order valence-corrected chi connectivity index (χ4v) is 5.43. The van der Waals surface area contributed by atoms with Crippen molar-refractivity contribution in [2.24, 2.45) is 5.41 Å². The minimum absolute atomic E-state index is 0.00989. The van der Waals surface area contributed by atoms with Crippen LogP contribution in [0.2, 0.25) is 0 Å². The van der Waals surface area contributed by atoms with E-state index >= 15 is 0 Å². The second kappa shape index (κ2) is 6.84. The summed E-state index contributed by atoms with van der Waals surface area (Å²) in [6.07, 6.45) is 1.48. The number of amides is 1. The first-order valence-electron chi connectivity index (χ1n) is 10.5. The van der Waals surface area contributed by atoms with Gasteiger partial charge in [-0.25, -0.2) is 4.79 Å². The number of nitrogens with zero attached hydrogens (tertiary/aromatic N) is 1. The first-order valence-corrected chi connectivity index (χ1v) is 10.5. The number of rotatable bonds is 4. The maximum Gasteiger partial charge on any atom is 0.409 e. The van der Waals surface area contributed by atoms with Crippen molar-refractivity contribution < 1.29 is 24.5 Å². The fourth-order valence-electron chi connectivity index (χ4n) is 5.43. The van der Waals surface area contributed by atoms with Gasteiger partial charge in [-0.3, -0.25) is 4.79 Å². The Hall–Kier alpha value is -2.86. The molecule has 2 aliphatic carbocycles. The van der Waals surface area contributed by atoms with Crippen LogP contribution in [0.5, 0.6) is 0 Å². The maximum absolute atomic E-state index is 12.8. The van der Waals surface area contributed by atoms with Gasteiger partial charge < -0.3 is 19.8 Å². The zero-order valence-corrected chi connectivity index (χ0v) is 16.7. The van der Waals surface area contributed by atoms with Crippen molar-refractivity contribution in [3.05, 3.63) is 59.7 Å². The Morgan fingerprint density at radius 2 is 1.60 bits per heavy atom. The number of β-amino-alcohol motifs (C(OH)–C–C–N with tert-alkyl or cyclic N) is 1. The second-order valence-corrected chi connectivity index (χ2v) is 8.75. The molecule has 1 aliphatic heterocycles. The summed E-state index contributed by atoms with van der Waals surface area (Å²) in [7, 11) is 0. The van der Waals surface area contributed by atoms with Crippen LogP contribution in [0.15, 0.2) is 48.5 Å².